The fourth-order valence-corrected chi connectivity index (χ4v) is 2.16. The van der Waals surface area contributed by atoms with Crippen LogP contribution in [0, 0.1) is 20.8 Å². The summed E-state index contributed by atoms with van der Waals surface area (Å²) < 4.78 is 0. The molecule has 2 aromatic rings. The summed E-state index contributed by atoms with van der Waals surface area (Å²) >= 11 is 0. The molecule has 0 atom stereocenters. The summed E-state index contributed by atoms with van der Waals surface area (Å²) in [5.74, 6) is -0.259. The summed E-state index contributed by atoms with van der Waals surface area (Å²) in [7, 11) is 0. The van der Waals surface area contributed by atoms with Crippen LogP contribution in [-0.4, -0.2) is 11.8 Å². The van der Waals surface area contributed by atoms with Crippen molar-refractivity contribution in [1.82, 2.24) is 0 Å². The zero-order chi connectivity index (χ0) is 16.3. The van der Waals surface area contributed by atoms with Gasteiger partial charge in [-0.3, -0.25) is 9.59 Å². The SMILES string of the molecule is CC(=O)Nc1ccc(NC(=O)c2ccc(C)c(C)c2)cc1C. The van der Waals surface area contributed by atoms with Crippen molar-refractivity contribution in [3.63, 3.8) is 0 Å². The van der Waals surface area contributed by atoms with E-state index in [1.54, 1.807) is 12.1 Å². The number of carbonyl (C=O) groups excluding carboxylic acids is 2. The molecule has 0 aliphatic carbocycles. The number of nitrogens with one attached hydrogen (secondary N) is 2. The zero-order valence-electron chi connectivity index (χ0n) is 13.3. The maximum absolute atomic E-state index is 12.3. The molecule has 0 saturated carbocycles. The van der Waals surface area contributed by atoms with E-state index in [1.807, 2.05) is 45.0 Å². The summed E-state index contributed by atoms with van der Waals surface area (Å²) in [6.07, 6.45) is 0. The van der Waals surface area contributed by atoms with Crippen LogP contribution in [0.4, 0.5) is 11.4 Å². The average Bonchev–Trinajstić information content (AvgIpc) is 2.44. The van der Waals surface area contributed by atoms with Crippen molar-refractivity contribution >= 4 is 23.2 Å². The van der Waals surface area contributed by atoms with E-state index >= 15 is 0 Å². The summed E-state index contributed by atoms with van der Waals surface area (Å²) in [4.78, 5) is 23.4. The Kier molecular flexibility index (Phi) is 4.61. The molecule has 2 amide bonds. The first kappa shape index (κ1) is 15.8. The zero-order valence-corrected chi connectivity index (χ0v) is 13.3. The van der Waals surface area contributed by atoms with Crippen molar-refractivity contribution in [1.29, 1.82) is 0 Å². The van der Waals surface area contributed by atoms with Crippen molar-refractivity contribution in [3.8, 4) is 0 Å². The lowest BCUT2D eigenvalue weighted by atomic mass is 10.1. The van der Waals surface area contributed by atoms with Gasteiger partial charge in [0.1, 0.15) is 0 Å². The van der Waals surface area contributed by atoms with Crippen molar-refractivity contribution in [2.24, 2.45) is 0 Å². The van der Waals surface area contributed by atoms with Crippen LogP contribution in [0.15, 0.2) is 36.4 Å². The third-order valence-corrected chi connectivity index (χ3v) is 3.56. The summed E-state index contributed by atoms with van der Waals surface area (Å²) in [5, 5.41) is 5.62. The topological polar surface area (TPSA) is 58.2 Å². The van der Waals surface area contributed by atoms with E-state index in [-0.39, 0.29) is 11.8 Å². The number of hydrogen-bond donors (Lipinski definition) is 2. The van der Waals surface area contributed by atoms with Gasteiger partial charge < -0.3 is 10.6 Å². The summed E-state index contributed by atoms with van der Waals surface area (Å²) in [6, 6.07) is 11.0. The maximum atomic E-state index is 12.3. The van der Waals surface area contributed by atoms with Gasteiger partial charge in [-0.15, -0.1) is 0 Å². The lowest BCUT2D eigenvalue weighted by molar-refractivity contribution is -0.114. The third kappa shape index (κ3) is 3.73. The predicted octanol–water partition coefficient (Wildman–Crippen LogP) is 3.82. The molecule has 0 spiro atoms. The minimum Gasteiger partial charge on any atom is -0.326 e. The first-order valence-electron chi connectivity index (χ1n) is 7.13. The molecule has 22 heavy (non-hydrogen) atoms. The second-order valence-corrected chi connectivity index (χ2v) is 5.46. The standard InChI is InChI=1S/C18H20N2O2/c1-11-5-6-15(9-12(11)2)18(22)20-16-7-8-17(13(3)10-16)19-14(4)21/h5-10H,1-4H3,(H,19,21)(H,20,22). The van der Waals surface area contributed by atoms with Crippen molar-refractivity contribution in [3.05, 3.63) is 58.7 Å². The largest absolute Gasteiger partial charge is 0.326 e. The number of aryl methyl sites for hydroxylation is 3. The summed E-state index contributed by atoms with van der Waals surface area (Å²) in [6.45, 7) is 7.35. The van der Waals surface area contributed by atoms with E-state index in [4.69, 9.17) is 0 Å². The van der Waals surface area contributed by atoms with E-state index in [2.05, 4.69) is 10.6 Å². The number of amides is 2. The van der Waals surface area contributed by atoms with Gasteiger partial charge in [0.05, 0.1) is 0 Å². The molecule has 4 nitrogen and oxygen atoms in total. The van der Waals surface area contributed by atoms with Gasteiger partial charge in [-0.2, -0.15) is 0 Å². The van der Waals surface area contributed by atoms with E-state index in [0.717, 1.165) is 22.4 Å². The molecule has 2 aromatic carbocycles. The van der Waals surface area contributed by atoms with Crippen molar-refractivity contribution in [2.75, 3.05) is 10.6 Å². The second kappa shape index (κ2) is 6.43. The van der Waals surface area contributed by atoms with Gasteiger partial charge in [0.2, 0.25) is 5.91 Å². The average molecular weight is 296 g/mol. The van der Waals surface area contributed by atoms with Crippen LogP contribution in [0.3, 0.4) is 0 Å². The molecule has 2 rings (SSSR count). The van der Waals surface area contributed by atoms with Crippen LogP contribution in [0.2, 0.25) is 0 Å². The first-order valence-corrected chi connectivity index (χ1v) is 7.13. The van der Waals surface area contributed by atoms with Crippen LogP contribution in [0.1, 0.15) is 34.0 Å². The quantitative estimate of drug-likeness (QED) is 0.904. The third-order valence-electron chi connectivity index (χ3n) is 3.56. The van der Waals surface area contributed by atoms with Gasteiger partial charge in [-0.05, 0) is 67.8 Å². The fraction of sp³-hybridized carbons (Fsp3) is 0.222. The monoisotopic (exact) mass is 296 g/mol. The van der Waals surface area contributed by atoms with E-state index in [9.17, 15) is 9.59 Å². The number of hydrogen-bond acceptors (Lipinski definition) is 2. The highest BCUT2D eigenvalue weighted by Gasteiger charge is 2.08. The van der Waals surface area contributed by atoms with Crippen molar-refractivity contribution in [2.45, 2.75) is 27.7 Å². The Morgan fingerprint density at radius 2 is 1.55 bits per heavy atom. The minimum atomic E-state index is -0.144. The molecule has 0 aliphatic heterocycles. The Hall–Kier alpha value is -2.62. The maximum Gasteiger partial charge on any atom is 0.255 e. The number of rotatable bonds is 3. The molecular weight excluding hydrogens is 276 g/mol. The van der Waals surface area contributed by atoms with E-state index in [0.29, 0.717) is 11.3 Å². The Morgan fingerprint density at radius 3 is 2.14 bits per heavy atom. The fourth-order valence-electron chi connectivity index (χ4n) is 2.16. The lowest BCUT2D eigenvalue weighted by Crippen LogP contribution is -2.13. The predicted molar refractivity (Wildman–Crippen MR) is 89.4 cm³/mol. The number of anilines is 2. The highest BCUT2D eigenvalue weighted by atomic mass is 16.2. The molecule has 0 heterocycles. The Balaban J connectivity index is 2.16. The van der Waals surface area contributed by atoms with Crippen LogP contribution in [0.25, 0.3) is 0 Å². The van der Waals surface area contributed by atoms with Gasteiger partial charge in [0.15, 0.2) is 0 Å². The molecule has 0 saturated heterocycles. The molecule has 0 aliphatic rings. The molecular formula is C18H20N2O2. The van der Waals surface area contributed by atoms with E-state index in [1.165, 1.54) is 6.92 Å². The number of benzene rings is 2. The van der Waals surface area contributed by atoms with Crippen LogP contribution in [-0.2, 0) is 4.79 Å². The van der Waals surface area contributed by atoms with Gasteiger partial charge in [0, 0.05) is 23.9 Å². The minimum absolute atomic E-state index is 0.116. The van der Waals surface area contributed by atoms with Crippen LogP contribution >= 0.6 is 0 Å². The van der Waals surface area contributed by atoms with Crippen LogP contribution < -0.4 is 10.6 Å². The lowest BCUT2D eigenvalue weighted by Gasteiger charge is -2.11. The molecule has 0 aromatic heterocycles. The van der Waals surface area contributed by atoms with E-state index < -0.39 is 0 Å². The molecule has 0 bridgehead atoms. The van der Waals surface area contributed by atoms with Crippen LogP contribution in [0.5, 0.6) is 0 Å². The van der Waals surface area contributed by atoms with Crippen molar-refractivity contribution < 1.29 is 9.59 Å². The molecule has 0 fully saturated rings. The van der Waals surface area contributed by atoms with Gasteiger partial charge in [0.25, 0.3) is 5.91 Å². The second-order valence-electron chi connectivity index (χ2n) is 5.46. The highest BCUT2D eigenvalue weighted by molar-refractivity contribution is 6.04. The smallest absolute Gasteiger partial charge is 0.255 e. The number of carbonyl (C=O) groups is 2. The molecule has 4 heteroatoms. The molecule has 2 N–H and O–H groups in total. The molecule has 114 valence electrons. The normalized spacial score (nSPS) is 10.2. The van der Waals surface area contributed by atoms with Gasteiger partial charge in [-0.1, -0.05) is 6.07 Å². The molecule has 0 unspecified atom stereocenters. The van der Waals surface area contributed by atoms with Gasteiger partial charge >= 0.3 is 0 Å². The Morgan fingerprint density at radius 1 is 0.818 bits per heavy atom. The highest BCUT2D eigenvalue weighted by Crippen LogP contribution is 2.20. The first-order chi connectivity index (χ1) is 10.4. The summed E-state index contributed by atoms with van der Waals surface area (Å²) in [5.41, 5.74) is 5.23. The van der Waals surface area contributed by atoms with Gasteiger partial charge in [-0.25, -0.2) is 0 Å². The Labute approximate surface area is 130 Å². The Bertz CT molecular complexity index is 736. The molecule has 0 radical (unpaired) electrons.